The number of rotatable bonds is 5. The predicted octanol–water partition coefficient (Wildman–Crippen LogP) is 2.02. The van der Waals surface area contributed by atoms with Gasteiger partial charge in [-0.1, -0.05) is 19.8 Å². The van der Waals surface area contributed by atoms with Crippen LogP contribution in [0.4, 0.5) is 0 Å². The Balaban J connectivity index is 2.35. The fourth-order valence-corrected chi connectivity index (χ4v) is 3.74. The van der Waals surface area contributed by atoms with Crippen molar-refractivity contribution in [2.24, 2.45) is 0 Å². The van der Waals surface area contributed by atoms with Crippen LogP contribution in [0.5, 0.6) is 0 Å². The lowest BCUT2D eigenvalue weighted by atomic mass is 10.3. The Kier molecular flexibility index (Phi) is 5.29. The van der Waals surface area contributed by atoms with Crippen LogP contribution >= 0.6 is 0 Å². The van der Waals surface area contributed by atoms with Crippen molar-refractivity contribution < 1.29 is 13.7 Å². The van der Waals surface area contributed by atoms with E-state index >= 15 is 0 Å². The van der Waals surface area contributed by atoms with E-state index in [1.807, 2.05) is 6.92 Å². The highest BCUT2D eigenvalue weighted by atomic mass is 32.2. The normalized spacial score (nSPS) is 21.2. The molecule has 2 unspecified atom stereocenters. The first-order valence-electron chi connectivity index (χ1n) is 5.70. The van der Waals surface area contributed by atoms with Gasteiger partial charge in [-0.3, -0.25) is 9.00 Å². The molecule has 1 fully saturated rings. The molecule has 1 aliphatic carbocycles. The fourth-order valence-electron chi connectivity index (χ4n) is 1.99. The van der Waals surface area contributed by atoms with Crippen LogP contribution in [0.15, 0.2) is 0 Å². The lowest BCUT2D eigenvalue weighted by Crippen LogP contribution is -2.24. The molecule has 4 heteroatoms. The van der Waals surface area contributed by atoms with Crippen LogP contribution in [0.3, 0.4) is 0 Å². The van der Waals surface area contributed by atoms with Gasteiger partial charge in [0, 0.05) is 21.3 Å². The van der Waals surface area contributed by atoms with E-state index in [0.717, 1.165) is 12.8 Å². The summed E-state index contributed by atoms with van der Waals surface area (Å²) in [6.07, 6.45) is 4.77. The third-order valence-corrected chi connectivity index (χ3v) is 4.88. The van der Waals surface area contributed by atoms with Gasteiger partial charge >= 0.3 is 5.97 Å². The third-order valence-electron chi connectivity index (χ3n) is 2.79. The zero-order chi connectivity index (χ0) is 11.3. The smallest absolute Gasteiger partial charge is 0.306 e. The van der Waals surface area contributed by atoms with E-state index in [1.54, 1.807) is 6.92 Å². The van der Waals surface area contributed by atoms with Crippen molar-refractivity contribution in [3.05, 3.63) is 0 Å². The van der Waals surface area contributed by atoms with Gasteiger partial charge in [0.2, 0.25) is 0 Å². The molecule has 0 spiro atoms. The minimum atomic E-state index is -0.865. The first kappa shape index (κ1) is 12.7. The highest BCUT2D eigenvalue weighted by Gasteiger charge is 2.26. The van der Waals surface area contributed by atoms with E-state index in [2.05, 4.69) is 0 Å². The van der Waals surface area contributed by atoms with E-state index in [0.29, 0.717) is 11.9 Å². The maximum Gasteiger partial charge on any atom is 0.306 e. The largest absolute Gasteiger partial charge is 0.466 e. The van der Waals surface area contributed by atoms with Gasteiger partial charge in [0.15, 0.2) is 0 Å². The molecule has 88 valence electrons. The molecule has 0 N–H and O–H groups in total. The van der Waals surface area contributed by atoms with Gasteiger partial charge in [0.25, 0.3) is 0 Å². The van der Waals surface area contributed by atoms with Crippen molar-refractivity contribution >= 4 is 16.8 Å². The lowest BCUT2D eigenvalue weighted by molar-refractivity contribution is -0.143. The molecule has 0 aromatic rings. The molecule has 0 aromatic heterocycles. The summed E-state index contributed by atoms with van der Waals surface area (Å²) < 4.78 is 16.8. The SMILES string of the molecule is CCOC(=O)CC(C)S(=O)C1CCCC1. The summed E-state index contributed by atoms with van der Waals surface area (Å²) >= 11 is 0. The van der Waals surface area contributed by atoms with Crippen LogP contribution in [-0.4, -0.2) is 27.3 Å². The number of carbonyl (C=O) groups is 1. The van der Waals surface area contributed by atoms with Crippen LogP contribution in [0, 0.1) is 0 Å². The molecular weight excluding hydrogens is 212 g/mol. The van der Waals surface area contributed by atoms with Crippen LogP contribution < -0.4 is 0 Å². The fraction of sp³-hybridized carbons (Fsp3) is 0.909. The van der Waals surface area contributed by atoms with Gasteiger partial charge < -0.3 is 4.74 Å². The Morgan fingerprint density at radius 3 is 2.60 bits per heavy atom. The molecule has 1 saturated carbocycles. The average Bonchev–Trinajstić information content (AvgIpc) is 2.69. The molecule has 3 nitrogen and oxygen atoms in total. The van der Waals surface area contributed by atoms with Gasteiger partial charge in [-0.15, -0.1) is 0 Å². The second kappa shape index (κ2) is 6.26. The summed E-state index contributed by atoms with van der Waals surface area (Å²) in [7, 11) is -0.865. The molecule has 0 amide bonds. The van der Waals surface area contributed by atoms with Gasteiger partial charge in [-0.05, 0) is 19.8 Å². The zero-order valence-corrected chi connectivity index (χ0v) is 10.3. The molecule has 0 heterocycles. The van der Waals surface area contributed by atoms with Gasteiger partial charge in [-0.25, -0.2) is 0 Å². The van der Waals surface area contributed by atoms with Crippen molar-refractivity contribution in [1.82, 2.24) is 0 Å². The molecule has 0 saturated heterocycles. The van der Waals surface area contributed by atoms with Crippen LogP contribution in [0.2, 0.25) is 0 Å². The number of hydrogen-bond acceptors (Lipinski definition) is 3. The average molecular weight is 232 g/mol. The van der Waals surface area contributed by atoms with Gasteiger partial charge in [0.1, 0.15) is 0 Å². The van der Waals surface area contributed by atoms with Crippen molar-refractivity contribution in [1.29, 1.82) is 0 Å². The second-order valence-electron chi connectivity index (χ2n) is 4.05. The van der Waals surface area contributed by atoms with E-state index in [1.165, 1.54) is 12.8 Å². The Bertz CT molecular complexity index is 234. The summed E-state index contributed by atoms with van der Waals surface area (Å²) in [5.74, 6) is -0.226. The molecule has 1 rings (SSSR count). The molecule has 1 aliphatic rings. The Labute approximate surface area is 94.0 Å². The number of hydrogen-bond donors (Lipinski definition) is 0. The minimum absolute atomic E-state index is 0.0628. The summed E-state index contributed by atoms with van der Waals surface area (Å²) in [6.45, 7) is 4.07. The maximum absolute atomic E-state index is 12.0. The van der Waals surface area contributed by atoms with E-state index in [-0.39, 0.29) is 17.6 Å². The predicted molar refractivity (Wildman–Crippen MR) is 61.1 cm³/mol. The number of esters is 1. The van der Waals surface area contributed by atoms with Gasteiger partial charge in [-0.2, -0.15) is 0 Å². The maximum atomic E-state index is 12.0. The molecule has 0 aliphatic heterocycles. The lowest BCUT2D eigenvalue weighted by Gasteiger charge is -2.15. The van der Waals surface area contributed by atoms with Crippen LogP contribution in [0.1, 0.15) is 46.0 Å². The molecule has 0 aromatic carbocycles. The van der Waals surface area contributed by atoms with Crippen molar-refractivity contribution in [2.45, 2.75) is 56.5 Å². The van der Waals surface area contributed by atoms with Gasteiger partial charge in [0.05, 0.1) is 13.0 Å². The van der Waals surface area contributed by atoms with Crippen molar-refractivity contribution in [2.75, 3.05) is 6.61 Å². The molecule has 0 radical (unpaired) electrons. The number of ether oxygens (including phenoxy) is 1. The molecular formula is C11H20O3S. The highest BCUT2D eigenvalue weighted by molar-refractivity contribution is 7.86. The Morgan fingerprint density at radius 1 is 1.47 bits per heavy atom. The molecule has 0 bridgehead atoms. The Hall–Kier alpha value is -0.380. The van der Waals surface area contributed by atoms with E-state index in [9.17, 15) is 9.00 Å². The standard InChI is InChI=1S/C11H20O3S/c1-3-14-11(12)8-9(2)15(13)10-6-4-5-7-10/h9-10H,3-8H2,1-2H3. The first-order valence-corrected chi connectivity index (χ1v) is 6.97. The first-order chi connectivity index (χ1) is 7.15. The second-order valence-corrected chi connectivity index (χ2v) is 6.18. The summed E-state index contributed by atoms with van der Waals surface area (Å²) in [6, 6.07) is 0. The molecule has 15 heavy (non-hydrogen) atoms. The number of carbonyl (C=O) groups excluding carboxylic acids is 1. The third kappa shape index (κ3) is 3.93. The topological polar surface area (TPSA) is 43.4 Å². The quantitative estimate of drug-likeness (QED) is 0.681. The highest BCUT2D eigenvalue weighted by Crippen LogP contribution is 2.25. The van der Waals surface area contributed by atoms with Crippen molar-refractivity contribution in [3.63, 3.8) is 0 Å². The zero-order valence-electron chi connectivity index (χ0n) is 9.53. The van der Waals surface area contributed by atoms with E-state index < -0.39 is 10.8 Å². The Morgan fingerprint density at radius 2 is 2.07 bits per heavy atom. The monoisotopic (exact) mass is 232 g/mol. The van der Waals surface area contributed by atoms with Crippen LogP contribution in [0.25, 0.3) is 0 Å². The summed E-state index contributed by atoms with van der Waals surface area (Å²) in [5, 5.41) is 0.251. The summed E-state index contributed by atoms with van der Waals surface area (Å²) in [4.78, 5) is 11.2. The molecule has 2 atom stereocenters. The van der Waals surface area contributed by atoms with E-state index in [4.69, 9.17) is 4.74 Å². The minimum Gasteiger partial charge on any atom is -0.466 e. The van der Waals surface area contributed by atoms with Crippen LogP contribution in [-0.2, 0) is 20.3 Å². The van der Waals surface area contributed by atoms with Crippen molar-refractivity contribution in [3.8, 4) is 0 Å². The summed E-state index contributed by atoms with van der Waals surface area (Å²) in [5.41, 5.74) is 0.